The number of guanidine groups is 1. The molecule has 8 heteroatoms. The van der Waals surface area contributed by atoms with Crippen molar-refractivity contribution in [1.29, 1.82) is 0 Å². The number of halogens is 4. The number of nitrogens with one attached hydrogen (secondary N) is 2. The molecular formula is C18H25F3IN3O. The maximum atomic E-state index is 13.4. The molecular weight excluding hydrogens is 458 g/mol. The predicted molar refractivity (Wildman–Crippen MR) is 108 cm³/mol. The van der Waals surface area contributed by atoms with Crippen LogP contribution in [0.4, 0.5) is 13.2 Å². The SMILES string of the molecule is CN=C(NCc1ccc(OC(C)C)cc1C(F)(F)F)NC1CC=CC1.I. The fourth-order valence-corrected chi connectivity index (χ4v) is 2.62. The third-order valence-electron chi connectivity index (χ3n) is 3.78. The fourth-order valence-electron chi connectivity index (χ4n) is 2.62. The Bertz CT molecular complexity index is 637. The van der Waals surface area contributed by atoms with Gasteiger partial charge in [-0.15, -0.1) is 24.0 Å². The monoisotopic (exact) mass is 483 g/mol. The van der Waals surface area contributed by atoms with Crippen LogP contribution in [0, 0.1) is 0 Å². The molecule has 2 rings (SSSR count). The smallest absolute Gasteiger partial charge is 0.416 e. The van der Waals surface area contributed by atoms with Gasteiger partial charge in [0, 0.05) is 19.6 Å². The summed E-state index contributed by atoms with van der Waals surface area (Å²) in [4.78, 5) is 4.08. The van der Waals surface area contributed by atoms with Crippen LogP contribution in [0.15, 0.2) is 35.3 Å². The summed E-state index contributed by atoms with van der Waals surface area (Å²) in [5.41, 5.74) is -0.549. The Balaban J connectivity index is 0.00000338. The van der Waals surface area contributed by atoms with Gasteiger partial charge in [-0.25, -0.2) is 0 Å². The van der Waals surface area contributed by atoms with E-state index in [-0.39, 0.29) is 54.0 Å². The topological polar surface area (TPSA) is 45.7 Å². The van der Waals surface area contributed by atoms with Gasteiger partial charge in [0.2, 0.25) is 0 Å². The molecule has 0 spiro atoms. The Hall–Kier alpha value is -1.45. The first kappa shape index (κ1) is 22.6. The average Bonchev–Trinajstić information content (AvgIpc) is 3.03. The fraction of sp³-hybridized carbons (Fsp3) is 0.500. The Morgan fingerprint density at radius 1 is 1.27 bits per heavy atom. The highest BCUT2D eigenvalue weighted by molar-refractivity contribution is 14.0. The van der Waals surface area contributed by atoms with Gasteiger partial charge in [0.25, 0.3) is 0 Å². The number of alkyl halides is 3. The minimum absolute atomic E-state index is 0. The molecule has 0 heterocycles. The van der Waals surface area contributed by atoms with Crippen molar-refractivity contribution < 1.29 is 17.9 Å². The van der Waals surface area contributed by atoms with Crippen LogP contribution in [-0.4, -0.2) is 25.2 Å². The third-order valence-corrected chi connectivity index (χ3v) is 3.78. The molecule has 146 valence electrons. The first-order valence-electron chi connectivity index (χ1n) is 8.28. The molecule has 1 aromatic carbocycles. The van der Waals surface area contributed by atoms with Crippen LogP contribution < -0.4 is 15.4 Å². The van der Waals surface area contributed by atoms with E-state index in [1.165, 1.54) is 6.07 Å². The summed E-state index contributed by atoms with van der Waals surface area (Å²) >= 11 is 0. The number of nitrogens with zero attached hydrogens (tertiary/aromatic N) is 1. The zero-order valence-electron chi connectivity index (χ0n) is 15.1. The van der Waals surface area contributed by atoms with Crippen LogP contribution >= 0.6 is 24.0 Å². The number of benzene rings is 1. The van der Waals surface area contributed by atoms with Gasteiger partial charge in [-0.3, -0.25) is 4.99 Å². The van der Waals surface area contributed by atoms with E-state index < -0.39 is 11.7 Å². The summed E-state index contributed by atoms with van der Waals surface area (Å²) in [5, 5.41) is 6.16. The maximum absolute atomic E-state index is 13.4. The molecule has 0 saturated carbocycles. The second kappa shape index (κ2) is 10.0. The number of hydrogen-bond donors (Lipinski definition) is 2. The third kappa shape index (κ3) is 6.69. The number of ether oxygens (including phenoxy) is 1. The van der Waals surface area contributed by atoms with Gasteiger partial charge in [-0.05, 0) is 44.4 Å². The summed E-state index contributed by atoms with van der Waals surface area (Å²) in [6.07, 6.45) is 1.28. The van der Waals surface area contributed by atoms with E-state index in [1.54, 1.807) is 27.0 Å². The highest BCUT2D eigenvalue weighted by Crippen LogP contribution is 2.34. The van der Waals surface area contributed by atoms with Crippen LogP contribution in [0.5, 0.6) is 5.75 Å². The highest BCUT2D eigenvalue weighted by Gasteiger charge is 2.34. The van der Waals surface area contributed by atoms with Gasteiger partial charge in [0.1, 0.15) is 5.75 Å². The van der Waals surface area contributed by atoms with Gasteiger partial charge in [0.15, 0.2) is 5.96 Å². The van der Waals surface area contributed by atoms with Gasteiger partial charge in [-0.1, -0.05) is 18.2 Å². The van der Waals surface area contributed by atoms with Crippen LogP contribution in [-0.2, 0) is 12.7 Å². The molecule has 0 aromatic heterocycles. The Kier molecular flexibility index (Phi) is 8.72. The Labute approximate surface area is 169 Å². The normalized spacial score (nSPS) is 15.1. The molecule has 0 unspecified atom stereocenters. The maximum Gasteiger partial charge on any atom is 0.416 e. The zero-order valence-corrected chi connectivity index (χ0v) is 17.4. The molecule has 0 atom stereocenters. The van der Waals surface area contributed by atoms with E-state index in [4.69, 9.17) is 4.74 Å². The summed E-state index contributed by atoms with van der Waals surface area (Å²) < 4.78 is 45.5. The van der Waals surface area contributed by atoms with Crippen molar-refractivity contribution in [3.63, 3.8) is 0 Å². The van der Waals surface area contributed by atoms with Crippen molar-refractivity contribution >= 4 is 29.9 Å². The molecule has 26 heavy (non-hydrogen) atoms. The minimum atomic E-state index is -4.44. The second-order valence-corrected chi connectivity index (χ2v) is 6.19. The van der Waals surface area contributed by atoms with Crippen LogP contribution in [0.2, 0.25) is 0 Å². The molecule has 0 aliphatic heterocycles. The molecule has 4 nitrogen and oxygen atoms in total. The molecule has 2 N–H and O–H groups in total. The molecule has 0 amide bonds. The van der Waals surface area contributed by atoms with Crippen LogP contribution in [0.3, 0.4) is 0 Å². The lowest BCUT2D eigenvalue weighted by Crippen LogP contribution is -2.42. The summed E-state index contributed by atoms with van der Waals surface area (Å²) in [7, 11) is 1.60. The number of hydrogen-bond acceptors (Lipinski definition) is 2. The molecule has 1 aliphatic carbocycles. The number of aliphatic imine (C=N–C) groups is 1. The van der Waals surface area contributed by atoms with Gasteiger partial charge in [-0.2, -0.15) is 13.2 Å². The molecule has 0 saturated heterocycles. The van der Waals surface area contributed by atoms with Crippen molar-refractivity contribution in [2.24, 2.45) is 4.99 Å². The van der Waals surface area contributed by atoms with Crippen molar-refractivity contribution in [3.05, 3.63) is 41.5 Å². The van der Waals surface area contributed by atoms with Crippen molar-refractivity contribution in [3.8, 4) is 5.75 Å². The predicted octanol–water partition coefficient (Wildman–Crippen LogP) is 4.49. The van der Waals surface area contributed by atoms with E-state index in [1.807, 2.05) is 0 Å². The molecule has 1 aliphatic rings. The lowest BCUT2D eigenvalue weighted by molar-refractivity contribution is -0.138. The van der Waals surface area contributed by atoms with E-state index in [0.717, 1.165) is 18.9 Å². The number of rotatable bonds is 5. The van der Waals surface area contributed by atoms with Crippen molar-refractivity contribution in [2.45, 2.75) is 51.6 Å². The molecule has 0 radical (unpaired) electrons. The lowest BCUT2D eigenvalue weighted by atomic mass is 10.1. The first-order chi connectivity index (χ1) is 11.8. The quantitative estimate of drug-likeness (QED) is 0.281. The van der Waals surface area contributed by atoms with Crippen molar-refractivity contribution in [2.75, 3.05) is 7.05 Å². The van der Waals surface area contributed by atoms with Crippen molar-refractivity contribution in [1.82, 2.24) is 10.6 Å². The van der Waals surface area contributed by atoms with Crippen LogP contribution in [0.1, 0.15) is 37.8 Å². The van der Waals surface area contributed by atoms with Crippen LogP contribution in [0.25, 0.3) is 0 Å². The summed E-state index contributed by atoms with van der Waals surface area (Å²) in [5.74, 6) is 0.704. The van der Waals surface area contributed by atoms with Gasteiger partial charge >= 0.3 is 6.18 Å². The largest absolute Gasteiger partial charge is 0.491 e. The Morgan fingerprint density at radius 3 is 2.46 bits per heavy atom. The van der Waals surface area contributed by atoms with Gasteiger partial charge < -0.3 is 15.4 Å². The summed E-state index contributed by atoms with van der Waals surface area (Å²) in [6.45, 7) is 3.57. The lowest BCUT2D eigenvalue weighted by Gasteiger charge is -2.19. The highest BCUT2D eigenvalue weighted by atomic mass is 127. The molecule has 1 aromatic rings. The van der Waals surface area contributed by atoms with E-state index in [2.05, 4.69) is 27.8 Å². The zero-order chi connectivity index (χ0) is 18.4. The second-order valence-electron chi connectivity index (χ2n) is 6.19. The van der Waals surface area contributed by atoms with E-state index >= 15 is 0 Å². The molecule has 0 fully saturated rings. The minimum Gasteiger partial charge on any atom is -0.491 e. The van der Waals surface area contributed by atoms with E-state index in [0.29, 0.717) is 5.96 Å². The van der Waals surface area contributed by atoms with E-state index in [9.17, 15) is 13.2 Å². The average molecular weight is 483 g/mol. The summed E-state index contributed by atoms with van der Waals surface area (Å²) in [6, 6.07) is 4.28. The van der Waals surface area contributed by atoms with Gasteiger partial charge in [0.05, 0.1) is 11.7 Å². The Morgan fingerprint density at radius 2 is 1.92 bits per heavy atom. The standard InChI is InChI=1S/C18H24F3N3O.HI/c1-12(2)25-15-9-8-13(16(10-15)18(19,20)21)11-23-17(22-3)24-14-6-4-5-7-14;/h4-5,8-10,12,14H,6-7,11H2,1-3H3,(H2,22,23,24);1H. The molecule has 0 bridgehead atoms. The first-order valence-corrected chi connectivity index (χ1v) is 8.28.